The van der Waals surface area contributed by atoms with Gasteiger partial charge in [0.25, 0.3) is 0 Å². The van der Waals surface area contributed by atoms with E-state index in [1.807, 2.05) is 0 Å². The second-order valence-electron chi connectivity index (χ2n) is 3.46. The monoisotopic (exact) mass is 205 g/mol. The molecule has 4 heteroatoms. The van der Waals surface area contributed by atoms with Crippen molar-refractivity contribution in [3.05, 3.63) is 29.1 Å². The first-order valence-electron chi connectivity index (χ1n) is 4.84. The van der Waals surface area contributed by atoms with Gasteiger partial charge in [0, 0.05) is 12.0 Å². The van der Waals surface area contributed by atoms with E-state index in [4.69, 9.17) is 0 Å². The fraction of sp³-hybridized carbons (Fsp3) is 0.364. The number of nitrogens with zero attached hydrogens (tertiary/aromatic N) is 1. The number of ketones is 1. The summed E-state index contributed by atoms with van der Waals surface area (Å²) >= 11 is 0. The van der Waals surface area contributed by atoms with E-state index in [0.29, 0.717) is 17.7 Å². The Labute approximate surface area is 87.3 Å². The van der Waals surface area contributed by atoms with Gasteiger partial charge in [0.15, 0.2) is 5.78 Å². The van der Waals surface area contributed by atoms with Crippen LogP contribution >= 0.6 is 0 Å². The highest BCUT2D eigenvalue weighted by Crippen LogP contribution is 2.19. The number of hydrogen-bond acceptors (Lipinski definition) is 4. The van der Waals surface area contributed by atoms with Gasteiger partial charge >= 0.3 is 5.97 Å². The van der Waals surface area contributed by atoms with Crippen molar-refractivity contribution in [3.63, 3.8) is 0 Å². The Balaban J connectivity index is 2.41. The molecule has 1 aromatic heterocycles. The molecule has 0 N–H and O–H groups in total. The van der Waals surface area contributed by atoms with E-state index < -0.39 is 5.97 Å². The molecule has 1 aromatic rings. The van der Waals surface area contributed by atoms with E-state index in [-0.39, 0.29) is 11.5 Å². The van der Waals surface area contributed by atoms with E-state index in [1.54, 1.807) is 6.07 Å². The number of methoxy groups -OCH3 is 1. The first kappa shape index (κ1) is 9.83. The molecule has 0 amide bonds. The Morgan fingerprint density at radius 3 is 2.93 bits per heavy atom. The molecule has 15 heavy (non-hydrogen) atoms. The summed E-state index contributed by atoms with van der Waals surface area (Å²) in [6, 6.07) is 3.20. The van der Waals surface area contributed by atoms with Crippen molar-refractivity contribution in [2.24, 2.45) is 0 Å². The highest BCUT2D eigenvalue weighted by Gasteiger charge is 2.20. The van der Waals surface area contributed by atoms with E-state index in [1.165, 1.54) is 13.2 Å². The lowest BCUT2D eigenvalue weighted by Crippen LogP contribution is -2.15. The minimum Gasteiger partial charge on any atom is -0.464 e. The first-order chi connectivity index (χ1) is 7.22. The van der Waals surface area contributed by atoms with Gasteiger partial charge in [-0.05, 0) is 25.0 Å². The number of hydrogen-bond donors (Lipinski definition) is 0. The Morgan fingerprint density at radius 2 is 2.20 bits per heavy atom. The molecule has 0 aliphatic heterocycles. The molecule has 0 bridgehead atoms. The fourth-order valence-electron chi connectivity index (χ4n) is 1.72. The van der Waals surface area contributed by atoms with Crippen LogP contribution in [-0.2, 0) is 11.2 Å². The zero-order valence-electron chi connectivity index (χ0n) is 8.45. The maximum absolute atomic E-state index is 11.5. The molecule has 1 aliphatic rings. The smallest absolute Gasteiger partial charge is 0.356 e. The van der Waals surface area contributed by atoms with Gasteiger partial charge in [0.05, 0.1) is 12.8 Å². The standard InChI is InChI=1S/C11H11NO3/c1-15-11(14)9-6-5-7-8(12-9)3-2-4-10(7)13/h5-6H,2-4H2,1H3. The second kappa shape index (κ2) is 3.81. The number of ether oxygens (including phenoxy) is 1. The number of carbonyl (C=O) groups is 2. The lowest BCUT2D eigenvalue weighted by Gasteiger charge is -2.13. The molecule has 0 atom stereocenters. The van der Waals surface area contributed by atoms with Gasteiger partial charge in [-0.25, -0.2) is 9.78 Å². The van der Waals surface area contributed by atoms with Gasteiger partial charge in [0.1, 0.15) is 5.69 Å². The van der Waals surface area contributed by atoms with Crippen molar-refractivity contribution in [1.29, 1.82) is 0 Å². The zero-order valence-corrected chi connectivity index (χ0v) is 8.45. The molecule has 0 unspecified atom stereocenters. The van der Waals surface area contributed by atoms with Crippen molar-refractivity contribution in [2.75, 3.05) is 7.11 Å². The van der Waals surface area contributed by atoms with Crippen LogP contribution in [0.4, 0.5) is 0 Å². The summed E-state index contributed by atoms with van der Waals surface area (Å²) in [4.78, 5) is 26.8. The van der Waals surface area contributed by atoms with Crippen molar-refractivity contribution in [1.82, 2.24) is 4.98 Å². The Bertz CT molecular complexity index is 426. The maximum atomic E-state index is 11.5. The largest absolute Gasteiger partial charge is 0.464 e. The minimum absolute atomic E-state index is 0.111. The van der Waals surface area contributed by atoms with Crippen LogP contribution in [0, 0.1) is 0 Å². The summed E-state index contributed by atoms with van der Waals surface area (Å²) in [5.74, 6) is -0.351. The SMILES string of the molecule is COC(=O)c1ccc2c(n1)CCCC2=O. The van der Waals surface area contributed by atoms with Crippen LogP contribution in [0.1, 0.15) is 39.4 Å². The molecule has 2 rings (SSSR count). The normalized spacial score (nSPS) is 14.6. The van der Waals surface area contributed by atoms with Gasteiger partial charge in [-0.1, -0.05) is 0 Å². The second-order valence-corrected chi connectivity index (χ2v) is 3.46. The lowest BCUT2D eigenvalue weighted by molar-refractivity contribution is 0.0593. The topological polar surface area (TPSA) is 56.3 Å². The van der Waals surface area contributed by atoms with Gasteiger partial charge in [-0.15, -0.1) is 0 Å². The number of carbonyl (C=O) groups excluding carboxylic acids is 2. The van der Waals surface area contributed by atoms with Gasteiger partial charge in [-0.2, -0.15) is 0 Å². The molecule has 0 saturated heterocycles. The minimum atomic E-state index is -0.462. The van der Waals surface area contributed by atoms with Crippen LogP contribution in [-0.4, -0.2) is 23.8 Å². The van der Waals surface area contributed by atoms with Gasteiger partial charge in [0.2, 0.25) is 0 Å². The summed E-state index contributed by atoms with van der Waals surface area (Å²) in [6.07, 6.45) is 2.14. The molecule has 0 radical (unpaired) electrons. The van der Waals surface area contributed by atoms with E-state index in [9.17, 15) is 9.59 Å². The Morgan fingerprint density at radius 1 is 1.40 bits per heavy atom. The Kier molecular flexibility index (Phi) is 2.49. The summed E-state index contributed by atoms with van der Waals surface area (Å²) in [6.45, 7) is 0. The third-order valence-corrected chi connectivity index (χ3v) is 2.49. The van der Waals surface area contributed by atoms with Crippen LogP contribution in [0.3, 0.4) is 0 Å². The third kappa shape index (κ3) is 1.75. The van der Waals surface area contributed by atoms with Crippen LogP contribution in [0.15, 0.2) is 12.1 Å². The molecule has 0 saturated carbocycles. The predicted molar refractivity (Wildman–Crippen MR) is 52.8 cm³/mol. The number of rotatable bonds is 1. The highest BCUT2D eigenvalue weighted by atomic mass is 16.5. The predicted octanol–water partition coefficient (Wildman–Crippen LogP) is 1.39. The van der Waals surface area contributed by atoms with E-state index in [0.717, 1.165) is 12.8 Å². The fourth-order valence-corrected chi connectivity index (χ4v) is 1.72. The average molecular weight is 205 g/mol. The zero-order chi connectivity index (χ0) is 10.8. The van der Waals surface area contributed by atoms with Crippen molar-refractivity contribution in [3.8, 4) is 0 Å². The van der Waals surface area contributed by atoms with Crippen molar-refractivity contribution < 1.29 is 14.3 Å². The van der Waals surface area contributed by atoms with E-state index >= 15 is 0 Å². The van der Waals surface area contributed by atoms with Gasteiger partial charge in [-0.3, -0.25) is 4.79 Å². The number of esters is 1. The van der Waals surface area contributed by atoms with Gasteiger partial charge < -0.3 is 4.74 Å². The van der Waals surface area contributed by atoms with Crippen LogP contribution in [0.25, 0.3) is 0 Å². The molecular weight excluding hydrogens is 194 g/mol. The number of fused-ring (bicyclic) bond motifs is 1. The average Bonchev–Trinajstić information content (AvgIpc) is 2.28. The molecule has 1 heterocycles. The van der Waals surface area contributed by atoms with Crippen LogP contribution in [0.2, 0.25) is 0 Å². The molecule has 0 fully saturated rings. The Hall–Kier alpha value is -1.71. The number of Topliss-reactive ketones (excluding diaryl/α,β-unsaturated/α-hetero) is 1. The summed E-state index contributed by atoms with van der Waals surface area (Å²) in [5.41, 5.74) is 1.63. The summed E-state index contributed by atoms with van der Waals surface area (Å²) in [5, 5.41) is 0. The molecular formula is C11H11NO3. The van der Waals surface area contributed by atoms with E-state index in [2.05, 4.69) is 9.72 Å². The maximum Gasteiger partial charge on any atom is 0.356 e. The van der Waals surface area contributed by atoms with Crippen molar-refractivity contribution >= 4 is 11.8 Å². The van der Waals surface area contributed by atoms with Crippen LogP contribution < -0.4 is 0 Å². The van der Waals surface area contributed by atoms with Crippen molar-refractivity contribution in [2.45, 2.75) is 19.3 Å². The van der Waals surface area contributed by atoms with Crippen LogP contribution in [0.5, 0.6) is 0 Å². The molecule has 78 valence electrons. The summed E-state index contributed by atoms with van der Waals surface area (Å²) < 4.78 is 4.57. The third-order valence-electron chi connectivity index (χ3n) is 2.49. The lowest BCUT2D eigenvalue weighted by atomic mass is 9.94. The first-order valence-corrected chi connectivity index (χ1v) is 4.84. The molecule has 0 aromatic carbocycles. The quantitative estimate of drug-likeness (QED) is 0.650. The number of aryl methyl sites for hydroxylation is 1. The number of aromatic nitrogens is 1. The molecule has 1 aliphatic carbocycles. The number of pyridine rings is 1. The summed E-state index contributed by atoms with van der Waals surface area (Å²) in [7, 11) is 1.31. The molecule has 4 nitrogen and oxygen atoms in total. The molecule has 0 spiro atoms. The highest BCUT2D eigenvalue weighted by molar-refractivity contribution is 5.98.